The first-order chi connectivity index (χ1) is 17.1. The Morgan fingerprint density at radius 1 is 1.06 bits per heavy atom. The molecule has 0 aliphatic carbocycles. The number of benzene rings is 1. The minimum Gasteiger partial charge on any atom is -0.337 e. The molecule has 198 valence electrons. The monoisotopic (exact) mass is 539 g/mol. The molecule has 2 unspecified atom stereocenters. The van der Waals surface area contributed by atoms with E-state index in [9.17, 15) is 22.8 Å². The van der Waals surface area contributed by atoms with Crippen LogP contribution in [0.3, 0.4) is 0 Å². The van der Waals surface area contributed by atoms with Crippen molar-refractivity contribution in [2.75, 3.05) is 44.6 Å². The van der Waals surface area contributed by atoms with E-state index in [1.807, 2.05) is 4.90 Å². The molecule has 3 amide bonds. The highest BCUT2D eigenvalue weighted by atomic mass is 35.5. The first-order valence-corrected chi connectivity index (χ1v) is 14.4. The van der Waals surface area contributed by atoms with Crippen molar-refractivity contribution in [2.24, 2.45) is 0 Å². The fraction of sp³-hybridized carbons (Fsp3) is 0.625. The van der Waals surface area contributed by atoms with E-state index < -0.39 is 22.0 Å². The standard InChI is InChI=1S/C24H34ClN5O5S/c1-17(31)26-21-9-8-19(14-20(21)25)36(34,35)27-22-7-5-12-29(24(22)33)16-23(32)30-13-4-6-18(30)15-28-10-2-3-11-28/h8-9,14,18,22,27H,2-7,10-13,15-16H2,1H3,(H,26,31). The lowest BCUT2D eigenvalue weighted by Gasteiger charge is -2.34. The van der Waals surface area contributed by atoms with Crippen molar-refractivity contribution in [2.45, 2.75) is 62.4 Å². The molecule has 12 heteroatoms. The van der Waals surface area contributed by atoms with Crippen LogP contribution in [0.4, 0.5) is 5.69 Å². The van der Waals surface area contributed by atoms with Crippen LogP contribution >= 0.6 is 11.6 Å². The normalized spacial score (nSPS) is 23.3. The number of nitrogens with one attached hydrogen (secondary N) is 2. The summed E-state index contributed by atoms with van der Waals surface area (Å²) in [6.45, 7) is 5.44. The maximum atomic E-state index is 13.1. The van der Waals surface area contributed by atoms with E-state index in [1.165, 1.54) is 42.9 Å². The second kappa shape index (κ2) is 11.5. The van der Waals surface area contributed by atoms with E-state index >= 15 is 0 Å². The van der Waals surface area contributed by atoms with Crippen LogP contribution in [0.15, 0.2) is 23.1 Å². The maximum absolute atomic E-state index is 13.1. The molecule has 0 saturated carbocycles. The van der Waals surface area contributed by atoms with Crippen molar-refractivity contribution in [1.82, 2.24) is 19.4 Å². The van der Waals surface area contributed by atoms with E-state index in [2.05, 4.69) is 14.9 Å². The summed E-state index contributed by atoms with van der Waals surface area (Å²) in [5.41, 5.74) is 0.298. The number of anilines is 1. The fourth-order valence-corrected chi connectivity index (χ4v) is 6.83. The Kier molecular flexibility index (Phi) is 8.54. The molecule has 3 fully saturated rings. The molecule has 3 aliphatic rings. The molecule has 2 N–H and O–H groups in total. The molecule has 0 spiro atoms. The van der Waals surface area contributed by atoms with Crippen molar-refractivity contribution in [1.29, 1.82) is 0 Å². The highest BCUT2D eigenvalue weighted by Crippen LogP contribution is 2.26. The predicted octanol–water partition coefficient (Wildman–Crippen LogP) is 1.65. The van der Waals surface area contributed by atoms with E-state index in [1.54, 1.807) is 0 Å². The summed E-state index contributed by atoms with van der Waals surface area (Å²) in [6, 6.07) is 3.18. The Hall–Kier alpha value is -2.21. The van der Waals surface area contributed by atoms with Crippen LogP contribution in [0, 0.1) is 0 Å². The number of rotatable bonds is 8. The van der Waals surface area contributed by atoms with E-state index in [0.717, 1.165) is 32.5 Å². The molecule has 4 rings (SSSR count). The minimum atomic E-state index is -4.05. The number of hydrogen-bond donors (Lipinski definition) is 2. The molecule has 3 heterocycles. The average molecular weight is 540 g/mol. The fourth-order valence-electron chi connectivity index (χ4n) is 5.29. The summed E-state index contributed by atoms with van der Waals surface area (Å²) in [7, 11) is -4.05. The number of hydrogen-bond acceptors (Lipinski definition) is 6. The van der Waals surface area contributed by atoms with Gasteiger partial charge in [0.25, 0.3) is 0 Å². The molecule has 1 aromatic rings. The molecule has 0 aromatic heterocycles. The Labute approximate surface area is 217 Å². The number of halogens is 1. The summed E-state index contributed by atoms with van der Waals surface area (Å²) in [6.07, 6.45) is 5.27. The van der Waals surface area contributed by atoms with Crippen LogP contribution in [-0.4, -0.2) is 92.2 Å². The predicted molar refractivity (Wildman–Crippen MR) is 136 cm³/mol. The highest BCUT2D eigenvalue weighted by Gasteiger charge is 2.36. The Morgan fingerprint density at radius 3 is 2.47 bits per heavy atom. The Balaban J connectivity index is 1.37. The van der Waals surface area contributed by atoms with E-state index in [-0.39, 0.29) is 34.3 Å². The largest absolute Gasteiger partial charge is 0.337 e. The van der Waals surface area contributed by atoms with Crippen LogP contribution in [0.1, 0.15) is 45.4 Å². The third-order valence-corrected chi connectivity index (χ3v) is 8.86. The van der Waals surface area contributed by atoms with Crippen molar-refractivity contribution >= 4 is 45.0 Å². The zero-order valence-electron chi connectivity index (χ0n) is 20.5. The molecule has 3 saturated heterocycles. The second-order valence-corrected chi connectivity index (χ2v) is 11.9. The summed E-state index contributed by atoms with van der Waals surface area (Å²) < 4.78 is 28.4. The summed E-state index contributed by atoms with van der Waals surface area (Å²) >= 11 is 6.13. The molecule has 36 heavy (non-hydrogen) atoms. The molecule has 1 aromatic carbocycles. The van der Waals surface area contributed by atoms with Gasteiger partial charge in [-0.05, 0) is 69.8 Å². The van der Waals surface area contributed by atoms with Crippen molar-refractivity contribution in [3.8, 4) is 0 Å². The molecular weight excluding hydrogens is 506 g/mol. The second-order valence-electron chi connectivity index (χ2n) is 9.79. The van der Waals surface area contributed by atoms with Gasteiger partial charge in [-0.15, -0.1) is 0 Å². The summed E-state index contributed by atoms with van der Waals surface area (Å²) in [4.78, 5) is 43.2. The molecule has 10 nitrogen and oxygen atoms in total. The zero-order chi connectivity index (χ0) is 25.9. The van der Waals surface area contributed by atoms with Crippen LogP contribution in [-0.2, 0) is 24.4 Å². The number of amides is 3. The number of piperidine rings is 1. The quantitative estimate of drug-likeness (QED) is 0.518. The van der Waals surface area contributed by atoms with Gasteiger partial charge in [0.15, 0.2) is 0 Å². The topological polar surface area (TPSA) is 119 Å². The van der Waals surface area contributed by atoms with Gasteiger partial charge < -0.3 is 20.0 Å². The van der Waals surface area contributed by atoms with Crippen LogP contribution in [0.5, 0.6) is 0 Å². The molecule has 3 aliphatic heterocycles. The third-order valence-electron chi connectivity index (χ3n) is 7.08. The van der Waals surface area contributed by atoms with Gasteiger partial charge in [-0.1, -0.05) is 11.6 Å². The third kappa shape index (κ3) is 6.37. The highest BCUT2D eigenvalue weighted by molar-refractivity contribution is 7.89. The minimum absolute atomic E-state index is 0.0369. The zero-order valence-corrected chi connectivity index (χ0v) is 22.1. The van der Waals surface area contributed by atoms with E-state index in [0.29, 0.717) is 31.6 Å². The first-order valence-electron chi connectivity index (χ1n) is 12.5. The molecular formula is C24H34ClN5O5S. The number of carbonyl (C=O) groups excluding carboxylic acids is 3. The lowest BCUT2D eigenvalue weighted by atomic mass is 10.1. The summed E-state index contributed by atoms with van der Waals surface area (Å²) in [5, 5.41) is 2.60. The lowest BCUT2D eigenvalue weighted by Crippen LogP contribution is -2.55. The van der Waals surface area contributed by atoms with Crippen molar-refractivity contribution in [3.63, 3.8) is 0 Å². The van der Waals surface area contributed by atoms with Crippen molar-refractivity contribution < 1.29 is 22.8 Å². The van der Waals surface area contributed by atoms with Gasteiger partial charge in [-0.25, -0.2) is 8.42 Å². The average Bonchev–Trinajstić information content (AvgIpc) is 3.50. The number of sulfonamides is 1. The van der Waals surface area contributed by atoms with Crippen molar-refractivity contribution in [3.05, 3.63) is 23.2 Å². The lowest BCUT2D eigenvalue weighted by molar-refractivity contribution is -0.143. The van der Waals surface area contributed by atoms with Crippen LogP contribution < -0.4 is 10.0 Å². The van der Waals surface area contributed by atoms with Crippen LogP contribution in [0.2, 0.25) is 5.02 Å². The van der Waals surface area contributed by atoms with E-state index in [4.69, 9.17) is 11.6 Å². The van der Waals surface area contributed by atoms with Gasteiger partial charge in [0.05, 0.1) is 22.2 Å². The SMILES string of the molecule is CC(=O)Nc1ccc(S(=O)(=O)NC2CCCN(CC(=O)N3CCCC3CN3CCCC3)C2=O)cc1Cl. The van der Waals surface area contributed by atoms with Gasteiger partial charge in [0.2, 0.25) is 27.7 Å². The number of likely N-dealkylation sites (tertiary alicyclic amines) is 3. The first kappa shape index (κ1) is 26.8. The van der Waals surface area contributed by atoms with Gasteiger partial charge in [0, 0.05) is 32.6 Å². The number of carbonyl (C=O) groups is 3. The molecule has 2 atom stereocenters. The molecule has 0 bridgehead atoms. The van der Waals surface area contributed by atoms with Gasteiger partial charge >= 0.3 is 0 Å². The maximum Gasteiger partial charge on any atom is 0.242 e. The Morgan fingerprint density at radius 2 is 1.78 bits per heavy atom. The Bertz CT molecular complexity index is 1110. The van der Waals surface area contributed by atoms with Gasteiger partial charge in [0.1, 0.15) is 6.04 Å². The smallest absolute Gasteiger partial charge is 0.242 e. The van der Waals surface area contributed by atoms with Crippen LogP contribution in [0.25, 0.3) is 0 Å². The van der Waals surface area contributed by atoms with Gasteiger partial charge in [-0.2, -0.15) is 4.72 Å². The molecule has 0 radical (unpaired) electrons. The number of nitrogens with zero attached hydrogens (tertiary/aromatic N) is 3. The summed E-state index contributed by atoms with van der Waals surface area (Å²) in [5.74, 6) is -0.798. The van der Waals surface area contributed by atoms with Gasteiger partial charge in [-0.3, -0.25) is 14.4 Å².